The van der Waals surface area contributed by atoms with E-state index in [9.17, 15) is 24.0 Å². The Morgan fingerprint density at radius 3 is 2.36 bits per heavy atom. The molecule has 10 nitrogen and oxygen atoms in total. The van der Waals surface area contributed by atoms with E-state index in [1.54, 1.807) is 12.1 Å². The molecule has 0 saturated carbocycles. The highest BCUT2D eigenvalue weighted by Crippen LogP contribution is 2.32. The van der Waals surface area contributed by atoms with Crippen LogP contribution in [-0.4, -0.2) is 84.8 Å². The number of hydrogen-bond acceptors (Lipinski definition) is 8. The Bertz CT molecular complexity index is 1140. The molecule has 0 aromatic heterocycles. The normalized spacial score (nSPS) is 23.3. The molecule has 4 aliphatic heterocycles. The van der Waals surface area contributed by atoms with Crippen molar-refractivity contribution in [2.45, 2.75) is 64.3 Å². The molecule has 1 N–H and O–H groups in total. The second kappa shape index (κ2) is 11.9. The van der Waals surface area contributed by atoms with E-state index in [1.165, 1.54) is 0 Å². The molecular formula is C29H38N4O6. The molecule has 0 radical (unpaired) electrons. The monoisotopic (exact) mass is 538 g/mol. The van der Waals surface area contributed by atoms with Crippen molar-refractivity contribution in [3.63, 3.8) is 0 Å². The number of imide groups is 2. The summed E-state index contributed by atoms with van der Waals surface area (Å²) in [5.41, 5.74) is 1.53. The Morgan fingerprint density at radius 2 is 1.67 bits per heavy atom. The van der Waals surface area contributed by atoms with Crippen LogP contribution in [0.3, 0.4) is 0 Å². The number of piperidine rings is 3. The molecule has 1 aromatic rings. The first kappa shape index (κ1) is 27.3. The number of benzene rings is 1. The van der Waals surface area contributed by atoms with Crippen molar-refractivity contribution in [1.82, 2.24) is 15.1 Å². The second-order valence-electron chi connectivity index (χ2n) is 11.2. The molecule has 0 bridgehead atoms. The van der Waals surface area contributed by atoms with Crippen molar-refractivity contribution < 1.29 is 28.7 Å². The van der Waals surface area contributed by atoms with E-state index in [0.717, 1.165) is 81.8 Å². The van der Waals surface area contributed by atoms with Gasteiger partial charge in [-0.3, -0.25) is 34.2 Å². The standard InChI is InChI=1S/C29H38N4O6/c1-2-3-16-39-29(38)20-10-12-31(13-11-20)18-19-8-14-32(15-9-19)21-4-5-22-23(17-21)28(37)33(27(22)36)24-6-7-25(34)30-26(24)35/h4-5,17,19-20,24H,2-3,6-16,18H2,1H3,(H,30,34,35). The van der Waals surface area contributed by atoms with Gasteiger partial charge in [0.15, 0.2) is 0 Å². The molecule has 3 fully saturated rings. The Balaban J connectivity index is 1.12. The molecule has 1 unspecified atom stereocenters. The summed E-state index contributed by atoms with van der Waals surface area (Å²) in [6, 6.07) is 4.38. The van der Waals surface area contributed by atoms with Gasteiger partial charge in [-0.25, -0.2) is 0 Å². The van der Waals surface area contributed by atoms with Gasteiger partial charge in [-0.2, -0.15) is 0 Å². The summed E-state index contributed by atoms with van der Waals surface area (Å²) in [6.07, 6.45) is 5.99. The highest BCUT2D eigenvalue weighted by atomic mass is 16.5. The number of nitrogens with zero attached hydrogens (tertiary/aromatic N) is 3. The maximum Gasteiger partial charge on any atom is 0.309 e. The molecule has 0 spiro atoms. The largest absolute Gasteiger partial charge is 0.465 e. The first-order valence-electron chi connectivity index (χ1n) is 14.3. The van der Waals surface area contributed by atoms with Gasteiger partial charge in [0.1, 0.15) is 6.04 Å². The summed E-state index contributed by atoms with van der Waals surface area (Å²) in [7, 11) is 0. The molecule has 10 heteroatoms. The van der Waals surface area contributed by atoms with Crippen LogP contribution >= 0.6 is 0 Å². The summed E-state index contributed by atoms with van der Waals surface area (Å²) in [5, 5.41) is 2.23. The molecule has 4 heterocycles. The fourth-order valence-electron chi connectivity index (χ4n) is 6.18. The summed E-state index contributed by atoms with van der Waals surface area (Å²) in [4.78, 5) is 67.9. The highest BCUT2D eigenvalue weighted by molar-refractivity contribution is 6.23. The number of nitrogens with one attached hydrogen (secondary N) is 1. The van der Waals surface area contributed by atoms with Crippen molar-refractivity contribution in [2.75, 3.05) is 44.2 Å². The van der Waals surface area contributed by atoms with E-state index in [4.69, 9.17) is 4.74 Å². The van der Waals surface area contributed by atoms with E-state index >= 15 is 0 Å². The van der Waals surface area contributed by atoms with Gasteiger partial charge in [-0.1, -0.05) is 13.3 Å². The van der Waals surface area contributed by atoms with Crippen LogP contribution in [0.5, 0.6) is 0 Å². The van der Waals surface area contributed by atoms with Crippen LogP contribution in [0.15, 0.2) is 18.2 Å². The fraction of sp³-hybridized carbons (Fsp3) is 0.621. The third kappa shape index (κ3) is 5.85. The lowest BCUT2D eigenvalue weighted by atomic mass is 9.92. The molecule has 3 saturated heterocycles. The Morgan fingerprint density at radius 1 is 0.949 bits per heavy atom. The van der Waals surface area contributed by atoms with Gasteiger partial charge >= 0.3 is 5.97 Å². The average Bonchev–Trinajstić information content (AvgIpc) is 3.18. The number of amides is 4. The zero-order valence-electron chi connectivity index (χ0n) is 22.7. The number of esters is 1. The van der Waals surface area contributed by atoms with Crippen molar-refractivity contribution in [3.8, 4) is 0 Å². The van der Waals surface area contributed by atoms with E-state index in [-0.39, 0.29) is 30.6 Å². The molecule has 4 amide bonds. The maximum absolute atomic E-state index is 13.2. The number of likely N-dealkylation sites (tertiary alicyclic amines) is 1. The summed E-state index contributed by atoms with van der Waals surface area (Å²) < 4.78 is 5.41. The molecule has 1 atom stereocenters. The number of fused-ring (bicyclic) bond motifs is 1. The van der Waals surface area contributed by atoms with Crippen LogP contribution < -0.4 is 10.2 Å². The molecular weight excluding hydrogens is 500 g/mol. The lowest BCUT2D eigenvalue weighted by Crippen LogP contribution is -2.54. The molecule has 1 aromatic carbocycles. The van der Waals surface area contributed by atoms with Crippen LogP contribution in [0, 0.1) is 11.8 Å². The van der Waals surface area contributed by atoms with Crippen LogP contribution in [0.25, 0.3) is 0 Å². The molecule has 0 aliphatic carbocycles. The zero-order chi connectivity index (χ0) is 27.5. The minimum absolute atomic E-state index is 0.0280. The van der Waals surface area contributed by atoms with Gasteiger partial charge in [0.2, 0.25) is 11.8 Å². The molecule has 39 heavy (non-hydrogen) atoms. The molecule has 4 aliphatic rings. The van der Waals surface area contributed by atoms with Crippen LogP contribution in [-0.2, 0) is 19.1 Å². The van der Waals surface area contributed by atoms with Gasteiger partial charge in [-0.15, -0.1) is 0 Å². The first-order valence-corrected chi connectivity index (χ1v) is 14.3. The summed E-state index contributed by atoms with van der Waals surface area (Å²) in [6.45, 7) is 7.23. The molecule has 210 valence electrons. The van der Waals surface area contributed by atoms with E-state index in [1.807, 2.05) is 6.07 Å². The van der Waals surface area contributed by atoms with Crippen LogP contribution in [0.1, 0.15) is 79.0 Å². The lowest BCUT2D eigenvalue weighted by molar-refractivity contribution is -0.150. The zero-order valence-corrected chi connectivity index (χ0v) is 22.7. The first-order chi connectivity index (χ1) is 18.9. The highest BCUT2D eigenvalue weighted by Gasteiger charge is 2.44. The Labute approximate surface area is 229 Å². The average molecular weight is 539 g/mol. The second-order valence-corrected chi connectivity index (χ2v) is 11.2. The number of hydrogen-bond donors (Lipinski definition) is 1. The quantitative estimate of drug-likeness (QED) is 0.305. The predicted molar refractivity (Wildman–Crippen MR) is 143 cm³/mol. The molecule has 5 rings (SSSR count). The van der Waals surface area contributed by atoms with Crippen molar-refractivity contribution in [2.24, 2.45) is 11.8 Å². The van der Waals surface area contributed by atoms with Gasteiger partial charge < -0.3 is 14.5 Å². The lowest BCUT2D eigenvalue weighted by Gasteiger charge is -2.38. The number of rotatable bonds is 8. The summed E-state index contributed by atoms with van der Waals surface area (Å²) >= 11 is 0. The fourth-order valence-corrected chi connectivity index (χ4v) is 6.18. The van der Waals surface area contributed by atoms with E-state index in [0.29, 0.717) is 23.7 Å². The number of ether oxygens (including phenoxy) is 1. The van der Waals surface area contributed by atoms with Gasteiger partial charge in [-0.05, 0) is 75.7 Å². The SMILES string of the molecule is CCCCOC(=O)C1CCN(CC2CCN(c3ccc4c(c3)C(=O)N(C3CCC(=O)NC3=O)C4=O)CC2)CC1. The number of anilines is 1. The Hall–Kier alpha value is -3.27. The third-order valence-electron chi connectivity index (χ3n) is 8.58. The predicted octanol–water partition coefficient (Wildman–Crippen LogP) is 2.36. The topological polar surface area (TPSA) is 116 Å². The number of carbonyl (C=O) groups excluding carboxylic acids is 5. The van der Waals surface area contributed by atoms with E-state index in [2.05, 4.69) is 22.0 Å². The van der Waals surface area contributed by atoms with Crippen LogP contribution in [0.2, 0.25) is 0 Å². The van der Waals surface area contributed by atoms with Crippen molar-refractivity contribution in [1.29, 1.82) is 0 Å². The minimum Gasteiger partial charge on any atom is -0.465 e. The van der Waals surface area contributed by atoms with Crippen LogP contribution in [0.4, 0.5) is 5.69 Å². The van der Waals surface area contributed by atoms with E-state index < -0.39 is 23.8 Å². The smallest absolute Gasteiger partial charge is 0.309 e. The van der Waals surface area contributed by atoms with Crippen molar-refractivity contribution in [3.05, 3.63) is 29.3 Å². The van der Waals surface area contributed by atoms with Gasteiger partial charge in [0.25, 0.3) is 11.8 Å². The minimum atomic E-state index is -0.953. The maximum atomic E-state index is 13.2. The van der Waals surface area contributed by atoms with Gasteiger partial charge in [0.05, 0.1) is 23.7 Å². The van der Waals surface area contributed by atoms with Crippen molar-refractivity contribution >= 4 is 35.3 Å². The van der Waals surface area contributed by atoms with Gasteiger partial charge in [0, 0.05) is 31.7 Å². The summed E-state index contributed by atoms with van der Waals surface area (Å²) in [5.74, 6) is -1.36. The number of carbonyl (C=O) groups is 5. The Kier molecular flexibility index (Phi) is 8.30. The third-order valence-corrected chi connectivity index (χ3v) is 8.58. The number of unbranched alkanes of at least 4 members (excludes halogenated alkanes) is 1.